The van der Waals surface area contributed by atoms with Crippen molar-refractivity contribution in [2.24, 2.45) is 0 Å². The summed E-state index contributed by atoms with van der Waals surface area (Å²) in [5, 5.41) is 22.0. The van der Waals surface area contributed by atoms with Crippen molar-refractivity contribution in [3.63, 3.8) is 0 Å². The molecule has 0 spiro atoms. The van der Waals surface area contributed by atoms with E-state index in [1.54, 1.807) is 0 Å². The largest absolute Gasteiger partial charge is 0.478 e. The van der Waals surface area contributed by atoms with E-state index in [0.717, 1.165) is 29.1 Å². The number of hydrogen-bond donors (Lipinski definition) is 3. The van der Waals surface area contributed by atoms with Crippen molar-refractivity contribution >= 4 is 27.3 Å². The van der Waals surface area contributed by atoms with Crippen LogP contribution in [0.25, 0.3) is 0 Å². The first-order chi connectivity index (χ1) is 11.5. The zero-order chi connectivity index (χ0) is 17.3. The van der Waals surface area contributed by atoms with Gasteiger partial charge in [-0.1, -0.05) is 6.42 Å². The van der Waals surface area contributed by atoms with Gasteiger partial charge in [-0.15, -0.1) is 11.3 Å². The van der Waals surface area contributed by atoms with E-state index in [2.05, 4.69) is 5.32 Å². The van der Waals surface area contributed by atoms with Crippen LogP contribution in [0, 0.1) is 0 Å². The summed E-state index contributed by atoms with van der Waals surface area (Å²) in [5.74, 6) is -1.18. The molecule has 1 saturated heterocycles. The molecule has 9 heteroatoms. The molecule has 3 heterocycles. The Bertz CT molecular complexity index is 726. The van der Waals surface area contributed by atoms with Gasteiger partial charge in [0.1, 0.15) is 4.21 Å². The molecule has 1 fully saturated rings. The number of carbonyl (C=O) groups is 1. The molecule has 24 heavy (non-hydrogen) atoms. The fourth-order valence-electron chi connectivity index (χ4n) is 3.54. The lowest BCUT2D eigenvalue weighted by Gasteiger charge is -2.34. The number of thiophene rings is 1. The summed E-state index contributed by atoms with van der Waals surface area (Å²) >= 11 is 1.08. The van der Waals surface area contributed by atoms with Gasteiger partial charge in [0.05, 0.1) is 5.56 Å². The predicted octanol–water partition coefficient (Wildman–Crippen LogP) is 1.02. The van der Waals surface area contributed by atoms with Crippen molar-refractivity contribution in [3.05, 3.63) is 16.0 Å². The normalized spacial score (nSPS) is 22.3. The molecule has 0 unspecified atom stereocenters. The van der Waals surface area contributed by atoms with Crippen molar-refractivity contribution in [2.45, 2.75) is 48.9 Å². The monoisotopic (exact) mass is 374 g/mol. The summed E-state index contributed by atoms with van der Waals surface area (Å²) in [4.78, 5) is 12.6. The van der Waals surface area contributed by atoms with E-state index >= 15 is 0 Å². The Morgan fingerprint density at radius 2 is 2.17 bits per heavy atom. The topological polar surface area (TPSA) is 107 Å². The van der Waals surface area contributed by atoms with Crippen molar-refractivity contribution in [3.8, 4) is 0 Å². The molecule has 134 valence electrons. The van der Waals surface area contributed by atoms with Gasteiger partial charge in [0, 0.05) is 30.6 Å². The summed E-state index contributed by atoms with van der Waals surface area (Å²) in [6, 6.07) is -0.257. The zero-order valence-electron chi connectivity index (χ0n) is 13.3. The molecule has 1 aromatic heterocycles. The Morgan fingerprint density at radius 3 is 2.88 bits per heavy atom. The van der Waals surface area contributed by atoms with Gasteiger partial charge in [-0.3, -0.25) is 0 Å². The predicted molar refractivity (Wildman–Crippen MR) is 89.9 cm³/mol. The maximum atomic E-state index is 13.2. The third-order valence-electron chi connectivity index (χ3n) is 4.69. The first-order valence-corrected chi connectivity index (χ1v) is 10.4. The van der Waals surface area contributed by atoms with Crippen LogP contribution in [-0.2, 0) is 23.0 Å². The van der Waals surface area contributed by atoms with E-state index in [4.69, 9.17) is 0 Å². The van der Waals surface area contributed by atoms with Crippen LogP contribution in [-0.4, -0.2) is 54.6 Å². The van der Waals surface area contributed by atoms with E-state index < -0.39 is 16.0 Å². The van der Waals surface area contributed by atoms with Crippen LogP contribution in [0.5, 0.6) is 0 Å². The quantitative estimate of drug-likeness (QED) is 0.710. The molecule has 2 aliphatic rings. The molecule has 0 radical (unpaired) electrons. The number of carboxylic acid groups (broad SMARTS) is 1. The fourth-order valence-corrected chi connectivity index (χ4v) is 7.24. The van der Waals surface area contributed by atoms with Gasteiger partial charge in [0.2, 0.25) is 0 Å². The second-order valence-corrected chi connectivity index (χ2v) is 9.37. The van der Waals surface area contributed by atoms with Gasteiger partial charge in [-0.05, 0) is 37.8 Å². The summed E-state index contributed by atoms with van der Waals surface area (Å²) in [6.07, 6.45) is 3.30. The number of fused-ring (bicyclic) bond motifs is 1. The summed E-state index contributed by atoms with van der Waals surface area (Å²) < 4.78 is 27.7. The van der Waals surface area contributed by atoms with Crippen molar-refractivity contribution in [2.75, 3.05) is 19.7 Å². The second-order valence-electron chi connectivity index (χ2n) is 6.18. The van der Waals surface area contributed by atoms with Crippen LogP contribution in [0.1, 0.15) is 46.5 Å². The molecule has 7 nitrogen and oxygen atoms in total. The minimum atomic E-state index is -3.87. The van der Waals surface area contributed by atoms with Crippen LogP contribution >= 0.6 is 11.3 Å². The molecule has 1 aromatic rings. The molecular weight excluding hydrogens is 352 g/mol. The number of piperidine rings is 1. The smallest absolute Gasteiger partial charge is 0.338 e. The minimum Gasteiger partial charge on any atom is -0.478 e. The number of aromatic carboxylic acids is 1. The highest BCUT2D eigenvalue weighted by Crippen LogP contribution is 2.38. The fraction of sp³-hybridized carbons (Fsp3) is 0.667. The first kappa shape index (κ1) is 17.8. The van der Waals surface area contributed by atoms with Gasteiger partial charge in [0.25, 0.3) is 10.0 Å². The molecule has 0 bridgehead atoms. The number of aliphatic hydroxyl groups excluding tert-OH is 1. The van der Waals surface area contributed by atoms with E-state index in [1.807, 2.05) is 0 Å². The van der Waals surface area contributed by atoms with Crippen LogP contribution in [0.2, 0.25) is 0 Å². The van der Waals surface area contributed by atoms with Crippen LogP contribution in [0.4, 0.5) is 0 Å². The lowest BCUT2D eigenvalue weighted by Crippen LogP contribution is -2.44. The highest BCUT2D eigenvalue weighted by atomic mass is 32.2. The third kappa shape index (κ3) is 3.11. The lowest BCUT2D eigenvalue weighted by atomic mass is 10.0. The van der Waals surface area contributed by atoms with E-state index in [9.17, 15) is 23.4 Å². The minimum absolute atomic E-state index is 0.0476. The second kappa shape index (κ2) is 7.09. The SMILES string of the molecule is O=C(O)c1c(S(=O)(=O)N2CCCC[C@@H]2CCO)sc2c1CCNC2. The number of rotatable bonds is 5. The van der Waals surface area contributed by atoms with Gasteiger partial charge in [0.15, 0.2) is 0 Å². The third-order valence-corrected chi connectivity index (χ3v) is 8.37. The molecule has 0 saturated carbocycles. The molecular formula is C15H22N2O5S2. The Balaban J connectivity index is 2.06. The van der Waals surface area contributed by atoms with E-state index in [1.165, 1.54) is 4.31 Å². The first-order valence-electron chi connectivity index (χ1n) is 8.18. The molecule has 3 rings (SSSR count). The van der Waals surface area contributed by atoms with Crippen molar-refractivity contribution in [1.29, 1.82) is 0 Å². The lowest BCUT2D eigenvalue weighted by molar-refractivity contribution is 0.0691. The molecule has 0 amide bonds. The summed E-state index contributed by atoms with van der Waals surface area (Å²) in [5.41, 5.74) is 0.602. The number of aliphatic hydroxyl groups is 1. The van der Waals surface area contributed by atoms with Crippen LogP contribution in [0.15, 0.2) is 4.21 Å². The van der Waals surface area contributed by atoms with Gasteiger partial charge in [-0.25, -0.2) is 13.2 Å². The highest BCUT2D eigenvalue weighted by molar-refractivity contribution is 7.91. The highest BCUT2D eigenvalue weighted by Gasteiger charge is 2.39. The standard InChI is InChI=1S/C15H22N2O5S2/c18-8-5-10-3-1-2-7-17(10)24(21,22)15-13(14(19)20)11-4-6-16-9-12(11)23-15/h10,16,18H,1-9H2,(H,19,20)/t10-/m1/s1. The summed E-state index contributed by atoms with van der Waals surface area (Å²) in [7, 11) is -3.87. The molecule has 3 N–H and O–H groups in total. The average Bonchev–Trinajstić information content (AvgIpc) is 2.96. The number of hydrogen-bond acceptors (Lipinski definition) is 6. The molecule has 1 atom stereocenters. The summed E-state index contributed by atoms with van der Waals surface area (Å²) in [6.45, 7) is 1.47. The van der Waals surface area contributed by atoms with Crippen molar-refractivity contribution in [1.82, 2.24) is 9.62 Å². The molecule has 0 aliphatic carbocycles. The van der Waals surface area contributed by atoms with Gasteiger partial charge < -0.3 is 15.5 Å². The number of sulfonamides is 1. The molecule has 0 aromatic carbocycles. The molecule has 2 aliphatic heterocycles. The van der Waals surface area contributed by atoms with Crippen LogP contribution < -0.4 is 5.32 Å². The van der Waals surface area contributed by atoms with Crippen LogP contribution in [0.3, 0.4) is 0 Å². The van der Waals surface area contributed by atoms with E-state index in [0.29, 0.717) is 44.5 Å². The number of nitrogens with zero attached hydrogens (tertiary/aromatic N) is 1. The number of nitrogens with one attached hydrogen (secondary N) is 1. The Hall–Kier alpha value is -1.00. The van der Waals surface area contributed by atoms with Gasteiger partial charge >= 0.3 is 5.97 Å². The maximum absolute atomic E-state index is 13.2. The van der Waals surface area contributed by atoms with Gasteiger partial charge in [-0.2, -0.15) is 4.31 Å². The number of carboxylic acids is 1. The maximum Gasteiger partial charge on any atom is 0.338 e. The van der Waals surface area contributed by atoms with Crippen molar-refractivity contribution < 1.29 is 23.4 Å². The Kier molecular flexibility index (Phi) is 5.26. The Morgan fingerprint density at radius 1 is 1.38 bits per heavy atom. The zero-order valence-corrected chi connectivity index (χ0v) is 15.0. The average molecular weight is 374 g/mol. The van der Waals surface area contributed by atoms with E-state index in [-0.39, 0.29) is 22.4 Å². The Labute approximate surface area is 145 Å².